The largest absolute Gasteiger partial charge is 0.497 e. The molecule has 3 N–H and O–H groups in total. The number of nitrogens with one attached hydrogen (secondary N) is 3. The van der Waals surface area contributed by atoms with E-state index >= 15 is 0 Å². The van der Waals surface area contributed by atoms with Crippen molar-refractivity contribution in [2.75, 3.05) is 105 Å². The van der Waals surface area contributed by atoms with Crippen molar-refractivity contribution in [3.8, 4) is 17.2 Å². The number of nitrogens with zero attached hydrogens (tertiary/aromatic N) is 8. The molecule has 11 rings (SSSR count). The molecule has 4 aromatic carbocycles. The van der Waals surface area contributed by atoms with Gasteiger partial charge in [0.15, 0.2) is 17.7 Å². The molecule has 694 valence electrons. The Labute approximate surface area is 771 Å². The van der Waals surface area contributed by atoms with Gasteiger partial charge < -0.3 is 54.0 Å². The van der Waals surface area contributed by atoms with Crippen LogP contribution in [0.5, 0.6) is 17.2 Å². The van der Waals surface area contributed by atoms with Gasteiger partial charge in [-0.3, -0.25) is 48.9 Å². The van der Waals surface area contributed by atoms with E-state index in [9.17, 15) is 23.6 Å². The van der Waals surface area contributed by atoms with Gasteiger partial charge in [-0.2, -0.15) is 4.58 Å². The number of rotatable bonds is 58. The second-order valence-electron chi connectivity index (χ2n) is 35.1. The Morgan fingerprint density at radius 3 is 1.67 bits per heavy atom. The Morgan fingerprint density at radius 2 is 1.09 bits per heavy atom. The van der Waals surface area contributed by atoms with Crippen molar-refractivity contribution >= 4 is 46.2 Å². The number of aryl methyl sites for hydroxylation is 1. The number of amides is 3. The van der Waals surface area contributed by atoms with E-state index in [-0.39, 0.29) is 60.8 Å². The number of alkyl halides is 1. The second kappa shape index (κ2) is 52.8. The number of ether oxygens (including phenoxy) is 7. The van der Waals surface area contributed by atoms with Gasteiger partial charge in [0.05, 0.1) is 101 Å². The number of hydrogen-bond acceptors (Lipinski definition) is 18. The highest BCUT2D eigenvalue weighted by molar-refractivity contribution is 6.04. The maximum atomic E-state index is 14.0. The number of pyridine rings is 4. The number of benzene rings is 4. The third-order valence-corrected chi connectivity index (χ3v) is 24.3. The molecule has 6 heterocycles. The van der Waals surface area contributed by atoms with Crippen LogP contribution in [0.3, 0.4) is 0 Å². The van der Waals surface area contributed by atoms with E-state index in [1.165, 1.54) is 57.6 Å². The van der Waals surface area contributed by atoms with Gasteiger partial charge in [0.1, 0.15) is 23.8 Å². The summed E-state index contributed by atoms with van der Waals surface area (Å²) in [6, 6.07) is 51.5. The molecule has 3 aliphatic rings. The zero-order valence-corrected chi connectivity index (χ0v) is 78.3. The molecule has 1 unspecified atom stereocenters. The molecule has 23 heteroatoms. The second-order valence-corrected chi connectivity index (χ2v) is 35.1. The smallest absolute Gasteiger partial charge is 0.254 e. The molecular formula is C107H139FN11O11+. The summed E-state index contributed by atoms with van der Waals surface area (Å²) in [5.41, 5.74) is 19.0. The predicted molar refractivity (Wildman–Crippen MR) is 513 cm³/mol. The fourth-order valence-electron chi connectivity index (χ4n) is 17.3. The van der Waals surface area contributed by atoms with E-state index < -0.39 is 18.1 Å². The number of carbonyl (C=O) groups is 4. The first-order valence-corrected chi connectivity index (χ1v) is 47.1. The van der Waals surface area contributed by atoms with E-state index in [4.69, 9.17) is 33.2 Å². The molecule has 4 aromatic heterocycles. The summed E-state index contributed by atoms with van der Waals surface area (Å²) in [5.74, 6) is 1.41. The summed E-state index contributed by atoms with van der Waals surface area (Å²) in [7, 11) is 3.47. The maximum Gasteiger partial charge on any atom is 0.254 e. The minimum atomic E-state index is -1.62. The average molecular weight is 1770 g/mol. The van der Waals surface area contributed by atoms with E-state index in [2.05, 4.69) is 224 Å². The summed E-state index contributed by atoms with van der Waals surface area (Å²) in [5, 5.41) is 8.71. The van der Waals surface area contributed by atoms with Crippen molar-refractivity contribution in [2.45, 2.75) is 226 Å². The van der Waals surface area contributed by atoms with Crippen LogP contribution in [0.15, 0.2) is 218 Å². The molecule has 2 aliphatic heterocycles. The van der Waals surface area contributed by atoms with Crippen LogP contribution in [-0.4, -0.2) is 176 Å². The average Bonchev–Trinajstić information content (AvgIpc) is 1.59. The van der Waals surface area contributed by atoms with E-state index in [0.29, 0.717) is 131 Å². The number of ketones is 1. The van der Waals surface area contributed by atoms with E-state index in [1.54, 1.807) is 14.2 Å². The van der Waals surface area contributed by atoms with Crippen LogP contribution in [0.1, 0.15) is 214 Å². The maximum absolute atomic E-state index is 14.0. The topological polar surface area (TPSA) is 233 Å². The Morgan fingerprint density at radius 1 is 0.523 bits per heavy atom. The first kappa shape index (κ1) is 99.6. The standard InChI is InChI=1S/C107H138FN11O11/c1-10-12-25-59-119-98-47-45-92(125-9)73-95(98)107(6,7)101(119)49-43-85-30-27-29-84(42-48-100-106(4,5)94-72-91(124-8)44-46-97(94)118(100)58-13-11-2)104(85)86-40-37-81(38-41-86)39-50-103(122)115-96(35-18-23-57-114-105(123)80(3)108)99(120)36-28-60-126-63-65-128-67-68-129-66-64-127-62-51-102(121)113-56-24-26-61-130-93-70-82(74-116(76-87-31-14-19-52-109-87)77-88-32-15-20-53-110-88)69-83(71-93)75-117(78-89-33-16-21-54-111-89)79-90-34-17-22-55-112-90/h14-17,19-22,31-34,37-38,40-49,52-55,69-73,80,96H,10-13,18,23-30,35-36,39,50-51,56-68,74-79H2,1-9H3,(H2-,113,114,115,121,122,123)/p+1/t80?,96-/m0/s1/i108-1. The molecule has 0 spiro atoms. The Hall–Kier alpha value is -10.9. The normalized spacial score (nSPS) is 15.1. The minimum absolute atomic E-state index is 0.0817. The summed E-state index contributed by atoms with van der Waals surface area (Å²) >= 11 is 0. The van der Waals surface area contributed by atoms with Crippen molar-refractivity contribution in [3.63, 3.8) is 0 Å². The molecule has 22 nitrogen and oxygen atoms in total. The molecule has 3 amide bonds. The van der Waals surface area contributed by atoms with Crippen LogP contribution < -0.4 is 35.1 Å². The van der Waals surface area contributed by atoms with Gasteiger partial charge in [0, 0.05) is 150 Å². The Bertz CT molecular complexity index is 4840. The number of Topliss-reactive ketones (excluding diaryl/α,β-unsaturated/α-hetero) is 1. The number of fused-ring (bicyclic) bond motifs is 2. The van der Waals surface area contributed by atoms with Crippen molar-refractivity contribution in [1.82, 2.24) is 45.7 Å². The monoisotopic (exact) mass is 1770 g/mol. The first-order valence-electron chi connectivity index (χ1n) is 47.1. The lowest BCUT2D eigenvalue weighted by Crippen LogP contribution is -2.41. The highest BCUT2D eigenvalue weighted by Gasteiger charge is 2.45. The fraction of sp³-hybridized carbons (Fsp3) is 0.467. The van der Waals surface area contributed by atoms with Gasteiger partial charge >= 0.3 is 0 Å². The van der Waals surface area contributed by atoms with Gasteiger partial charge in [0.2, 0.25) is 17.5 Å². The van der Waals surface area contributed by atoms with Crippen LogP contribution in [0.2, 0.25) is 0 Å². The fourth-order valence-corrected chi connectivity index (χ4v) is 17.3. The van der Waals surface area contributed by atoms with Gasteiger partial charge in [-0.05, 0) is 239 Å². The van der Waals surface area contributed by atoms with E-state index in [1.807, 2.05) is 73.3 Å². The summed E-state index contributed by atoms with van der Waals surface area (Å²) in [6.45, 7) is 24.6. The molecule has 130 heavy (non-hydrogen) atoms. The lowest BCUT2D eigenvalue weighted by atomic mass is 9.79. The van der Waals surface area contributed by atoms with Crippen molar-refractivity contribution in [3.05, 3.63) is 274 Å². The van der Waals surface area contributed by atoms with Gasteiger partial charge in [-0.15, -0.1) is 0 Å². The van der Waals surface area contributed by atoms with E-state index in [0.717, 1.165) is 140 Å². The molecule has 0 saturated carbocycles. The molecule has 0 saturated heterocycles. The number of hydrogen-bond donors (Lipinski definition) is 3. The number of aromatic nitrogens is 4. The Kier molecular flexibility index (Phi) is 40.5. The molecule has 0 radical (unpaired) electrons. The van der Waals surface area contributed by atoms with Crippen molar-refractivity contribution in [2.24, 2.45) is 0 Å². The molecule has 1 aliphatic carbocycles. The quantitative estimate of drug-likeness (QED) is 0.0237. The highest BCUT2D eigenvalue weighted by atomic mass is 18.2. The number of halogens is 1. The van der Waals surface area contributed by atoms with Crippen LogP contribution in [0, 0.1) is 0 Å². The lowest BCUT2D eigenvalue weighted by molar-refractivity contribution is -0.438. The van der Waals surface area contributed by atoms with Crippen molar-refractivity contribution in [1.29, 1.82) is 0 Å². The van der Waals surface area contributed by atoms with Gasteiger partial charge in [-0.25, -0.2) is 4.39 Å². The number of allylic oxidation sites excluding steroid dienone is 8. The van der Waals surface area contributed by atoms with Gasteiger partial charge in [0.25, 0.3) is 5.91 Å². The molecule has 8 aromatic rings. The molecule has 0 bridgehead atoms. The van der Waals surface area contributed by atoms with Gasteiger partial charge in [-0.1, -0.05) is 107 Å². The molecule has 2 atom stereocenters. The zero-order chi connectivity index (χ0) is 91.7. The summed E-state index contributed by atoms with van der Waals surface area (Å²) in [6.07, 6.45) is 28.0. The summed E-state index contributed by atoms with van der Waals surface area (Å²) in [4.78, 5) is 78.6. The van der Waals surface area contributed by atoms with Crippen LogP contribution >= 0.6 is 0 Å². The third-order valence-electron chi connectivity index (χ3n) is 24.3. The third kappa shape index (κ3) is 30.9. The zero-order valence-electron chi connectivity index (χ0n) is 78.3. The molecular weight excluding hydrogens is 1630 g/mol. The minimum Gasteiger partial charge on any atom is -0.497 e. The number of anilines is 1. The first-order chi connectivity index (χ1) is 63.3. The lowest BCUT2D eigenvalue weighted by Gasteiger charge is -2.27. The van der Waals surface area contributed by atoms with Crippen LogP contribution in [0.4, 0.5) is 15.8 Å². The van der Waals surface area contributed by atoms with Crippen LogP contribution in [0.25, 0.3) is 5.57 Å². The Balaban J connectivity index is 0.609. The van der Waals surface area contributed by atoms with Crippen molar-refractivity contribution < 1.29 is 61.3 Å². The van der Waals surface area contributed by atoms with Crippen LogP contribution in [-0.2, 0) is 94.6 Å². The summed E-state index contributed by atoms with van der Waals surface area (Å²) < 4.78 is 57.3. The highest BCUT2D eigenvalue weighted by Crippen LogP contribution is 2.50. The number of carbonyl (C=O) groups excluding carboxylic acids is 4. The number of unbranched alkanes of at least 4 members (excludes halogenated alkanes) is 5. The predicted octanol–water partition coefficient (Wildman–Crippen LogP) is 18.7. The molecule has 0 fully saturated rings. The SMILES string of the molecule is CCCCC[N+]1=C(/C=C/C2=C(c3ccc(CCC(=O)N[C@@H](CCCCNC(=O)C(C)[18F])C(=O)CCCOCCOCCOCCOCCC(=O)NCCCCOc4cc(CN(Cc5ccccn5)Cc5ccccn5)cc(CN(Cc5ccccn5)Cc5ccccn5)c4)cc3)C(=C/C=C3/N(CCCC)c4ccc(OC)cc4C3(C)C)/CCC2)C(C)(C)c2cc(OC)ccc21. The number of methoxy groups -OCH3 is 2.